The van der Waals surface area contributed by atoms with E-state index in [-0.39, 0.29) is 30.6 Å². The standard InChI is InChI=1S/C47H53NO17/c1-22-31-34(54)38(55)44(6)27(50)19-28-45(21-60-28,64-23(2)49)37(44)39(63-40(56)25-15-11-8-12-16-25)46(59)20-26-35(32(22)47(26,31)46)62-41(57)36(61-30(53)18-17-29(51)52)33(24-13-9-7-10-14-24)48-42(58)65-43(3,4)5/h7-16,26-28,32-37,39,50,54,59H,17-21H2,1-6H3,(H,48,58)(H,51,52)/t26?,27-,28?,32?,33-,34+,35-,36+,37-,39-,44+,45?,46+,47?/m1/s1. The van der Waals surface area contributed by atoms with Gasteiger partial charge in [-0.05, 0) is 64.3 Å². The van der Waals surface area contributed by atoms with E-state index < -0.39 is 143 Å². The van der Waals surface area contributed by atoms with Gasteiger partial charge in [0.15, 0.2) is 11.4 Å². The first-order chi connectivity index (χ1) is 30.5. The van der Waals surface area contributed by atoms with Crippen LogP contribution in [0.2, 0.25) is 0 Å². The number of Topliss-reactive ketones (excluding diaryl/α,β-unsaturated/α-hetero) is 1. The van der Waals surface area contributed by atoms with E-state index in [2.05, 4.69) is 5.32 Å². The lowest BCUT2D eigenvalue weighted by molar-refractivity contribution is -0.398. The van der Waals surface area contributed by atoms with Gasteiger partial charge >= 0.3 is 35.9 Å². The number of alkyl carbamates (subject to hydrolysis) is 1. The van der Waals surface area contributed by atoms with Crippen LogP contribution in [0.4, 0.5) is 4.79 Å². The van der Waals surface area contributed by atoms with Gasteiger partial charge in [0.05, 0.1) is 42.4 Å². The van der Waals surface area contributed by atoms with Crippen LogP contribution in [-0.2, 0) is 52.4 Å². The predicted octanol–water partition coefficient (Wildman–Crippen LogP) is 2.90. The molecule has 2 aromatic carbocycles. The fourth-order valence-electron chi connectivity index (χ4n) is 12.0. The summed E-state index contributed by atoms with van der Waals surface area (Å²) in [6.07, 6.45) is -11.8. The van der Waals surface area contributed by atoms with E-state index in [1.807, 2.05) is 0 Å². The average molecular weight is 904 g/mol. The molecule has 0 radical (unpaired) electrons. The van der Waals surface area contributed by atoms with Crippen molar-refractivity contribution in [1.82, 2.24) is 5.32 Å². The monoisotopic (exact) mass is 903 g/mol. The number of nitrogens with one attached hydrogen (secondary N) is 1. The molecule has 1 heterocycles. The normalized spacial score (nSPS) is 35.9. The number of aliphatic carboxylic acids is 1. The largest absolute Gasteiger partial charge is 0.481 e. The molecule has 65 heavy (non-hydrogen) atoms. The number of carboxylic acids is 1. The molecule has 14 atom stereocenters. The summed E-state index contributed by atoms with van der Waals surface area (Å²) in [5.41, 5.74) is -7.52. The van der Waals surface area contributed by atoms with Crippen LogP contribution in [-0.4, -0.2) is 122 Å². The van der Waals surface area contributed by atoms with Gasteiger partial charge in [0.1, 0.15) is 41.7 Å². The maximum atomic E-state index is 15.0. The Balaban J connectivity index is 1.20. The fraction of sp³-hybridized carbons (Fsp3) is 0.553. The zero-order valence-electron chi connectivity index (χ0n) is 36.7. The van der Waals surface area contributed by atoms with Crippen molar-refractivity contribution < 1.29 is 82.4 Å². The van der Waals surface area contributed by atoms with E-state index in [0.29, 0.717) is 11.1 Å². The molecule has 1 amide bonds. The first-order valence-corrected chi connectivity index (χ1v) is 21.6. The van der Waals surface area contributed by atoms with E-state index in [0.717, 1.165) is 6.92 Å². The van der Waals surface area contributed by atoms with Gasteiger partial charge < -0.3 is 54.2 Å². The van der Waals surface area contributed by atoms with Crippen LogP contribution in [0, 0.1) is 28.6 Å². The molecule has 0 aromatic heterocycles. The van der Waals surface area contributed by atoms with Gasteiger partial charge in [-0.2, -0.15) is 0 Å². The topological polar surface area (TPSA) is 268 Å². The third kappa shape index (κ3) is 6.93. The van der Waals surface area contributed by atoms with Crippen LogP contribution in [0.5, 0.6) is 0 Å². The molecule has 2 aromatic rings. The van der Waals surface area contributed by atoms with Crippen molar-refractivity contribution in [3.8, 4) is 0 Å². The number of hydrogen-bond acceptors (Lipinski definition) is 16. The number of benzene rings is 2. The van der Waals surface area contributed by atoms with Gasteiger partial charge in [-0.25, -0.2) is 14.4 Å². The highest BCUT2D eigenvalue weighted by Crippen LogP contribution is 2.84. The number of rotatable bonds is 12. The molecule has 1 spiro atoms. The highest BCUT2D eigenvalue weighted by molar-refractivity contribution is 5.95. The first-order valence-electron chi connectivity index (χ1n) is 21.6. The molecule has 4 saturated carbocycles. The highest BCUT2D eigenvalue weighted by Gasteiger charge is 2.91. The minimum Gasteiger partial charge on any atom is -0.481 e. The van der Waals surface area contributed by atoms with E-state index >= 15 is 0 Å². The SMILES string of the molecule is CC(=O)OC12COC1C[C@@H](O)[C@]1(C)C(=O)[C@@H](O)C3=C(C)C4[C@H](OC(=O)[C@@H](OC(=O)CCC(=O)O)[C@H](NC(=O)OC(C)(C)C)c5ccccc5)C5C[C@](O)([C@H](OC(=O)c6ccccc6)[C@@H]21)C354. The van der Waals surface area contributed by atoms with Crippen LogP contribution < -0.4 is 5.32 Å². The van der Waals surface area contributed by atoms with Crippen molar-refractivity contribution in [3.05, 3.63) is 82.9 Å². The van der Waals surface area contributed by atoms with Gasteiger partial charge in [0.2, 0.25) is 6.10 Å². The summed E-state index contributed by atoms with van der Waals surface area (Å²) in [6, 6.07) is 14.5. The number of carboxylic acid groups (broad SMARTS) is 1. The number of esters is 4. The molecule has 5 aliphatic carbocycles. The number of fused-ring (bicyclic) bond motifs is 3. The van der Waals surface area contributed by atoms with Gasteiger partial charge in [-0.3, -0.25) is 19.2 Å². The zero-order valence-corrected chi connectivity index (χ0v) is 36.7. The van der Waals surface area contributed by atoms with Crippen LogP contribution in [0.3, 0.4) is 0 Å². The number of aliphatic hydroxyl groups excluding tert-OH is 2. The second kappa shape index (κ2) is 16.0. The highest BCUT2D eigenvalue weighted by atomic mass is 16.6. The molecule has 5 unspecified atom stereocenters. The van der Waals surface area contributed by atoms with Gasteiger partial charge in [-0.15, -0.1) is 0 Å². The Hall–Kier alpha value is -5.69. The second-order valence-corrected chi connectivity index (χ2v) is 19.2. The maximum Gasteiger partial charge on any atom is 0.408 e. The molecule has 5 N–H and O–H groups in total. The third-order valence-electron chi connectivity index (χ3n) is 14.6. The summed E-state index contributed by atoms with van der Waals surface area (Å²) < 4.78 is 35.6. The summed E-state index contributed by atoms with van der Waals surface area (Å²) in [5.74, 6) is -9.33. The molecule has 1 saturated heterocycles. The molecule has 348 valence electrons. The van der Waals surface area contributed by atoms with Crippen molar-refractivity contribution in [2.75, 3.05) is 6.61 Å². The maximum absolute atomic E-state index is 15.0. The minimum atomic E-state index is -2.14. The van der Waals surface area contributed by atoms with Crippen LogP contribution in [0.15, 0.2) is 71.8 Å². The molecular formula is C47H53NO17. The molecule has 6 aliphatic rings. The second-order valence-electron chi connectivity index (χ2n) is 19.2. The zero-order chi connectivity index (χ0) is 47.2. The predicted molar refractivity (Wildman–Crippen MR) is 220 cm³/mol. The number of ether oxygens (including phenoxy) is 6. The number of carbonyl (C=O) groups excluding carboxylic acids is 6. The van der Waals surface area contributed by atoms with Gasteiger partial charge in [0.25, 0.3) is 0 Å². The lowest BCUT2D eigenvalue weighted by atomic mass is 9.22. The van der Waals surface area contributed by atoms with Crippen molar-refractivity contribution in [2.24, 2.45) is 28.6 Å². The first kappa shape index (κ1) is 45.9. The summed E-state index contributed by atoms with van der Waals surface area (Å²) >= 11 is 0. The molecule has 18 heteroatoms. The fourth-order valence-corrected chi connectivity index (χ4v) is 12.0. The molecule has 5 fully saturated rings. The third-order valence-corrected chi connectivity index (χ3v) is 14.6. The number of aliphatic hydroxyl groups is 3. The number of hydrogen-bond donors (Lipinski definition) is 5. The van der Waals surface area contributed by atoms with Crippen LogP contribution in [0.1, 0.15) is 89.2 Å². The van der Waals surface area contributed by atoms with E-state index in [4.69, 9.17) is 28.4 Å². The number of carbonyl (C=O) groups is 7. The van der Waals surface area contributed by atoms with E-state index in [9.17, 15) is 54.0 Å². The van der Waals surface area contributed by atoms with Crippen molar-refractivity contribution in [2.45, 2.75) is 127 Å². The lowest BCUT2D eigenvalue weighted by Gasteiger charge is -2.83. The smallest absolute Gasteiger partial charge is 0.408 e. The molecular weight excluding hydrogens is 851 g/mol. The number of amides is 1. The Morgan fingerprint density at radius 2 is 1.60 bits per heavy atom. The molecule has 18 nitrogen and oxygen atoms in total. The van der Waals surface area contributed by atoms with E-state index in [1.54, 1.807) is 76.2 Å². The van der Waals surface area contributed by atoms with Crippen LogP contribution in [0.25, 0.3) is 0 Å². The van der Waals surface area contributed by atoms with Crippen LogP contribution >= 0.6 is 0 Å². The molecule has 1 aliphatic heterocycles. The van der Waals surface area contributed by atoms with Gasteiger partial charge in [0, 0.05) is 30.6 Å². The Bertz CT molecular complexity index is 2350. The Morgan fingerprint density at radius 3 is 2.18 bits per heavy atom. The van der Waals surface area contributed by atoms with Crippen molar-refractivity contribution >= 4 is 41.7 Å². The lowest BCUT2D eigenvalue weighted by Crippen LogP contribution is -2.92. The molecule has 0 bridgehead atoms. The molecule has 8 rings (SSSR count). The minimum absolute atomic E-state index is 0.0910. The number of ketones is 1. The van der Waals surface area contributed by atoms with Crippen molar-refractivity contribution in [3.63, 3.8) is 0 Å². The summed E-state index contributed by atoms with van der Waals surface area (Å²) in [7, 11) is 0. The van der Waals surface area contributed by atoms with Gasteiger partial charge in [-0.1, -0.05) is 54.1 Å². The summed E-state index contributed by atoms with van der Waals surface area (Å²) in [4.78, 5) is 94.5. The Kier molecular flexibility index (Phi) is 11.3. The quantitative estimate of drug-likeness (QED) is 0.116. The summed E-state index contributed by atoms with van der Waals surface area (Å²) in [5, 5.41) is 49.3. The summed E-state index contributed by atoms with van der Waals surface area (Å²) in [6.45, 7) is 8.73. The van der Waals surface area contributed by atoms with E-state index in [1.165, 1.54) is 19.1 Å². The Morgan fingerprint density at radius 1 is 0.954 bits per heavy atom. The van der Waals surface area contributed by atoms with Crippen molar-refractivity contribution in [1.29, 1.82) is 0 Å². The average Bonchev–Trinajstić information content (AvgIpc) is 3.23. The Labute approximate surface area is 373 Å².